The molecule has 0 aromatic heterocycles. The highest BCUT2D eigenvalue weighted by atomic mass is 32.2. The number of ether oxygens (including phenoxy) is 1. The first-order valence-corrected chi connectivity index (χ1v) is 6.90. The average molecular weight is 263 g/mol. The van der Waals surface area contributed by atoms with E-state index in [0.29, 0.717) is 19.0 Å². The zero-order chi connectivity index (χ0) is 12.8. The minimum absolute atomic E-state index is 0.0502. The Morgan fingerprint density at radius 3 is 2.76 bits per heavy atom. The van der Waals surface area contributed by atoms with Gasteiger partial charge in [-0.25, -0.2) is 4.79 Å². The van der Waals surface area contributed by atoms with Crippen LogP contribution in [0.2, 0.25) is 0 Å². The molecule has 98 valence electrons. The standard InChI is InChI=1S/C10H17NO5S/c1-7(12)11-9(10(13)14)6-17(15)5-8-2-3-16-4-8/h8-9H,2-6H2,1H3,(H,11,12)(H,13,14)/t8?,9-,17?/m0/s1. The molecule has 7 heteroatoms. The van der Waals surface area contributed by atoms with Gasteiger partial charge < -0.3 is 15.2 Å². The zero-order valence-corrected chi connectivity index (χ0v) is 10.5. The van der Waals surface area contributed by atoms with E-state index in [1.807, 2.05) is 0 Å². The lowest BCUT2D eigenvalue weighted by molar-refractivity contribution is -0.140. The second-order valence-electron chi connectivity index (χ2n) is 4.09. The van der Waals surface area contributed by atoms with Gasteiger partial charge in [-0.05, 0) is 12.3 Å². The molecule has 1 aliphatic rings. The Balaban J connectivity index is 2.40. The van der Waals surface area contributed by atoms with Crippen molar-refractivity contribution in [1.82, 2.24) is 5.32 Å². The second-order valence-corrected chi connectivity index (χ2v) is 5.64. The molecule has 1 fully saturated rings. The van der Waals surface area contributed by atoms with Gasteiger partial charge in [0.1, 0.15) is 6.04 Å². The van der Waals surface area contributed by atoms with Gasteiger partial charge in [-0.15, -0.1) is 0 Å². The second kappa shape index (κ2) is 6.70. The van der Waals surface area contributed by atoms with Crippen LogP contribution in [0, 0.1) is 5.92 Å². The highest BCUT2D eigenvalue weighted by molar-refractivity contribution is 7.85. The summed E-state index contributed by atoms with van der Waals surface area (Å²) in [5.41, 5.74) is 0. The van der Waals surface area contributed by atoms with Gasteiger partial charge in [0.15, 0.2) is 0 Å². The third kappa shape index (κ3) is 5.27. The molecule has 17 heavy (non-hydrogen) atoms. The SMILES string of the molecule is CC(=O)N[C@@H](CS(=O)CC1CCOC1)C(=O)O. The van der Waals surface area contributed by atoms with Crippen LogP contribution in [0.25, 0.3) is 0 Å². The Morgan fingerprint density at radius 1 is 1.59 bits per heavy atom. The number of carboxylic acid groups (broad SMARTS) is 1. The van der Waals surface area contributed by atoms with Crippen LogP contribution in [0.5, 0.6) is 0 Å². The van der Waals surface area contributed by atoms with Crippen molar-refractivity contribution in [2.45, 2.75) is 19.4 Å². The number of carboxylic acids is 1. The van der Waals surface area contributed by atoms with E-state index in [4.69, 9.17) is 9.84 Å². The fraction of sp³-hybridized carbons (Fsp3) is 0.800. The summed E-state index contributed by atoms with van der Waals surface area (Å²) in [5, 5.41) is 11.1. The maximum absolute atomic E-state index is 11.7. The van der Waals surface area contributed by atoms with Gasteiger partial charge in [0.05, 0.1) is 12.4 Å². The minimum atomic E-state index is -1.25. The molecule has 3 atom stereocenters. The van der Waals surface area contributed by atoms with Crippen LogP contribution in [-0.4, -0.2) is 52.0 Å². The van der Waals surface area contributed by atoms with Crippen LogP contribution in [-0.2, 0) is 25.1 Å². The molecule has 1 saturated heterocycles. The summed E-state index contributed by atoms with van der Waals surface area (Å²) in [5.74, 6) is -0.966. The molecule has 0 aromatic rings. The largest absolute Gasteiger partial charge is 0.480 e. The number of carbonyl (C=O) groups is 2. The minimum Gasteiger partial charge on any atom is -0.480 e. The van der Waals surface area contributed by atoms with Gasteiger partial charge in [0, 0.05) is 30.1 Å². The van der Waals surface area contributed by atoms with E-state index in [1.54, 1.807) is 0 Å². The quantitative estimate of drug-likeness (QED) is 0.665. The summed E-state index contributed by atoms with van der Waals surface area (Å²) < 4.78 is 16.9. The van der Waals surface area contributed by atoms with Crippen molar-refractivity contribution in [1.29, 1.82) is 0 Å². The Bertz CT molecular complexity index is 314. The van der Waals surface area contributed by atoms with Crippen LogP contribution >= 0.6 is 0 Å². The third-order valence-corrected chi connectivity index (χ3v) is 4.02. The molecular formula is C10H17NO5S. The Morgan fingerprint density at radius 2 is 2.29 bits per heavy atom. The number of rotatable bonds is 6. The van der Waals surface area contributed by atoms with Crippen LogP contribution < -0.4 is 5.32 Å². The van der Waals surface area contributed by atoms with Crippen molar-refractivity contribution >= 4 is 22.7 Å². The predicted molar refractivity (Wildman–Crippen MR) is 62.0 cm³/mol. The summed E-state index contributed by atoms with van der Waals surface area (Å²) >= 11 is 0. The molecule has 0 aliphatic carbocycles. The normalized spacial score (nSPS) is 23.0. The first-order chi connectivity index (χ1) is 7.99. The molecule has 2 unspecified atom stereocenters. The van der Waals surface area contributed by atoms with Crippen molar-refractivity contribution in [2.75, 3.05) is 24.7 Å². The molecule has 0 aromatic carbocycles. The highest BCUT2D eigenvalue weighted by Gasteiger charge is 2.24. The number of hydrogen-bond donors (Lipinski definition) is 2. The topological polar surface area (TPSA) is 92.7 Å². The molecule has 6 nitrogen and oxygen atoms in total. The summed E-state index contributed by atoms with van der Waals surface area (Å²) in [7, 11) is -1.25. The first-order valence-electron chi connectivity index (χ1n) is 5.41. The number of amides is 1. The lowest BCUT2D eigenvalue weighted by atomic mass is 10.2. The van der Waals surface area contributed by atoms with E-state index in [1.165, 1.54) is 6.92 Å². The van der Waals surface area contributed by atoms with E-state index >= 15 is 0 Å². The van der Waals surface area contributed by atoms with Crippen molar-refractivity contribution in [3.63, 3.8) is 0 Å². The van der Waals surface area contributed by atoms with E-state index in [0.717, 1.165) is 6.42 Å². The fourth-order valence-corrected chi connectivity index (χ4v) is 3.17. The van der Waals surface area contributed by atoms with Gasteiger partial charge in [0.25, 0.3) is 0 Å². The summed E-state index contributed by atoms with van der Waals surface area (Å²) in [4.78, 5) is 21.6. The van der Waals surface area contributed by atoms with Crippen LogP contribution in [0.3, 0.4) is 0 Å². The monoisotopic (exact) mass is 263 g/mol. The maximum atomic E-state index is 11.7. The molecule has 1 rings (SSSR count). The summed E-state index contributed by atoms with van der Waals surface area (Å²) in [6.07, 6.45) is 0.865. The molecular weight excluding hydrogens is 246 g/mol. The van der Waals surface area contributed by atoms with E-state index in [9.17, 15) is 13.8 Å². The molecule has 0 spiro atoms. The molecule has 2 N–H and O–H groups in total. The van der Waals surface area contributed by atoms with E-state index in [-0.39, 0.29) is 11.7 Å². The van der Waals surface area contributed by atoms with Crippen molar-refractivity contribution in [3.05, 3.63) is 0 Å². The van der Waals surface area contributed by atoms with Gasteiger partial charge >= 0.3 is 5.97 Å². The smallest absolute Gasteiger partial charge is 0.327 e. The maximum Gasteiger partial charge on any atom is 0.327 e. The Labute approximate surface area is 102 Å². The number of hydrogen-bond acceptors (Lipinski definition) is 4. The van der Waals surface area contributed by atoms with Crippen LogP contribution in [0.4, 0.5) is 0 Å². The summed E-state index contributed by atoms with van der Waals surface area (Å²) in [6, 6.07) is -1.07. The van der Waals surface area contributed by atoms with Crippen molar-refractivity contribution in [3.8, 4) is 0 Å². The molecule has 1 aliphatic heterocycles. The third-order valence-electron chi connectivity index (χ3n) is 2.47. The lowest BCUT2D eigenvalue weighted by Gasteiger charge is -2.14. The highest BCUT2D eigenvalue weighted by Crippen LogP contribution is 2.13. The zero-order valence-electron chi connectivity index (χ0n) is 9.68. The molecule has 0 bridgehead atoms. The number of nitrogens with one attached hydrogen (secondary N) is 1. The van der Waals surface area contributed by atoms with Gasteiger partial charge in [0.2, 0.25) is 5.91 Å². The van der Waals surface area contributed by atoms with Gasteiger partial charge in [-0.1, -0.05) is 0 Å². The summed E-state index contributed by atoms with van der Waals surface area (Å²) in [6.45, 7) is 2.50. The van der Waals surface area contributed by atoms with Gasteiger partial charge in [-0.3, -0.25) is 9.00 Å². The van der Waals surface area contributed by atoms with Crippen molar-refractivity contribution < 1.29 is 23.6 Å². The fourth-order valence-electron chi connectivity index (χ4n) is 1.65. The predicted octanol–water partition coefficient (Wildman–Crippen LogP) is -0.639. The first kappa shape index (κ1) is 14.1. The van der Waals surface area contributed by atoms with Crippen LogP contribution in [0.1, 0.15) is 13.3 Å². The Hall–Kier alpha value is -0.950. The molecule has 0 radical (unpaired) electrons. The molecule has 0 saturated carbocycles. The molecule has 1 heterocycles. The lowest BCUT2D eigenvalue weighted by Crippen LogP contribution is -2.44. The number of carbonyl (C=O) groups excluding carboxylic acids is 1. The number of aliphatic carboxylic acids is 1. The van der Waals surface area contributed by atoms with Crippen LogP contribution in [0.15, 0.2) is 0 Å². The molecule has 1 amide bonds. The van der Waals surface area contributed by atoms with E-state index in [2.05, 4.69) is 5.32 Å². The van der Waals surface area contributed by atoms with E-state index < -0.39 is 28.7 Å². The Kier molecular flexibility index (Phi) is 5.57. The van der Waals surface area contributed by atoms with Gasteiger partial charge in [-0.2, -0.15) is 0 Å². The van der Waals surface area contributed by atoms with Crippen molar-refractivity contribution in [2.24, 2.45) is 5.92 Å². The average Bonchev–Trinajstić information content (AvgIpc) is 2.68.